The maximum absolute atomic E-state index is 13.2. The van der Waals surface area contributed by atoms with Crippen LogP contribution in [0.5, 0.6) is 17.2 Å². The summed E-state index contributed by atoms with van der Waals surface area (Å²) in [5.41, 5.74) is 6.23. The van der Waals surface area contributed by atoms with E-state index in [1.807, 2.05) is 27.7 Å². The Bertz CT molecular complexity index is 2560. The standard InChI is InChI=1S/C33H54O5.C22H20N2O5/c1-22(2)12-9-13-23(3)14-10-15-24(4)16-11-20-33(8)21-19-28-27(7)31(25(5)26(6)32(28)38-33)37-30(36)18-17-29(34)35;1-3-12-13-7-11(25)5-6-17(13)23-19-14(12)9-24-18(19)8-16-15(20(24)26)10-29-21(27)22(16,28)4-2/h22-24H,9-21H2,1-8H3,(H,34,35);5-8,25,28H,3-4,9-10H2,1-2H3/t23-,24-,33-;22-/m10/s1. The van der Waals surface area contributed by atoms with Crippen molar-refractivity contribution >= 4 is 28.8 Å². The van der Waals surface area contributed by atoms with Gasteiger partial charge >= 0.3 is 17.9 Å². The van der Waals surface area contributed by atoms with E-state index in [2.05, 4.69) is 34.6 Å². The largest absolute Gasteiger partial charge is 0.508 e. The number of carbonyl (C=O) groups is 3. The second-order valence-corrected chi connectivity index (χ2v) is 20.4. The normalized spacial score (nSPS) is 19.0. The number of hydrogen-bond acceptors (Lipinski definition) is 10. The quantitative estimate of drug-likeness (QED) is 0.0563. The van der Waals surface area contributed by atoms with Crippen molar-refractivity contribution in [2.45, 2.75) is 190 Å². The summed E-state index contributed by atoms with van der Waals surface area (Å²) in [6.07, 6.45) is 13.9. The van der Waals surface area contributed by atoms with Crippen LogP contribution in [0.15, 0.2) is 29.1 Å². The third-order valence-corrected chi connectivity index (χ3v) is 14.7. The van der Waals surface area contributed by atoms with Crippen LogP contribution >= 0.6 is 0 Å². The van der Waals surface area contributed by atoms with Crippen molar-refractivity contribution in [2.75, 3.05) is 0 Å². The molecule has 0 bridgehead atoms. The molecule has 0 aliphatic carbocycles. The van der Waals surface area contributed by atoms with Crippen LogP contribution in [-0.2, 0) is 50.7 Å². The van der Waals surface area contributed by atoms with Gasteiger partial charge in [0.1, 0.15) is 29.5 Å². The number of fused-ring (bicyclic) bond motifs is 6. The fourth-order valence-electron chi connectivity index (χ4n) is 10.3. The van der Waals surface area contributed by atoms with E-state index in [1.165, 1.54) is 51.4 Å². The molecular formula is C55H74N2O10. The molecule has 0 amide bonds. The molecule has 12 nitrogen and oxygen atoms in total. The number of pyridine rings is 2. The van der Waals surface area contributed by atoms with Gasteiger partial charge in [-0.25, -0.2) is 9.78 Å². The van der Waals surface area contributed by atoms with Crippen LogP contribution in [-0.4, -0.2) is 48.4 Å². The van der Waals surface area contributed by atoms with Crippen LogP contribution in [0, 0.1) is 38.5 Å². The number of aryl methyl sites for hydroxylation is 1. The van der Waals surface area contributed by atoms with Gasteiger partial charge in [-0.15, -0.1) is 0 Å². The molecule has 5 heterocycles. The van der Waals surface area contributed by atoms with Gasteiger partial charge in [-0.1, -0.05) is 86.5 Å². The van der Waals surface area contributed by atoms with Gasteiger partial charge in [-0.05, 0) is 130 Å². The van der Waals surface area contributed by atoms with E-state index < -0.39 is 23.5 Å². The van der Waals surface area contributed by atoms with E-state index in [-0.39, 0.29) is 42.8 Å². The number of aliphatic carboxylic acids is 1. The van der Waals surface area contributed by atoms with Crippen LogP contribution in [0.3, 0.4) is 0 Å². The highest BCUT2D eigenvalue weighted by Gasteiger charge is 2.45. The Balaban J connectivity index is 0.000000228. The molecule has 2 aromatic carbocycles. The van der Waals surface area contributed by atoms with E-state index >= 15 is 0 Å². The Morgan fingerprint density at radius 3 is 2.19 bits per heavy atom. The summed E-state index contributed by atoms with van der Waals surface area (Å²) in [6.45, 7) is 21.6. The maximum atomic E-state index is 13.2. The van der Waals surface area contributed by atoms with Gasteiger partial charge in [0, 0.05) is 22.1 Å². The number of carboxylic acids is 1. The van der Waals surface area contributed by atoms with Crippen LogP contribution in [0.1, 0.15) is 176 Å². The van der Waals surface area contributed by atoms with Crippen LogP contribution < -0.4 is 15.0 Å². The number of phenolic OH excluding ortho intramolecular Hbond substituents is 1. The molecule has 2 aromatic heterocycles. The number of carbonyl (C=O) groups excluding carboxylic acids is 2. The molecule has 3 N–H and O–H groups in total. The maximum Gasteiger partial charge on any atom is 0.343 e. The number of aromatic hydroxyl groups is 1. The number of rotatable bonds is 18. The zero-order valence-electron chi connectivity index (χ0n) is 41.7. The summed E-state index contributed by atoms with van der Waals surface area (Å²) in [5, 5.41) is 30.6. The number of carboxylic acid groups (broad SMARTS) is 1. The second kappa shape index (κ2) is 21.4. The molecule has 3 aliphatic rings. The van der Waals surface area contributed by atoms with Crippen molar-refractivity contribution in [1.82, 2.24) is 9.55 Å². The van der Waals surface area contributed by atoms with Crippen molar-refractivity contribution in [3.63, 3.8) is 0 Å². The minimum Gasteiger partial charge on any atom is -0.508 e. The number of aromatic nitrogens is 2. The summed E-state index contributed by atoms with van der Waals surface area (Å²) in [5.74, 6) is 1.86. The Hall–Kier alpha value is -5.23. The molecule has 67 heavy (non-hydrogen) atoms. The SMILES string of the molecule is CCc1c2c(nc3ccc(O)cc13)-c1cc3c(c(=O)n1C2)COC(=O)[C@]3(O)CC.Cc1c(C)c2c(c(C)c1OC(=O)CCC(=O)O)CC[C@@](C)(CCC[C@H](C)CCC[C@H](C)CCCC(C)C)O2. The first kappa shape index (κ1) is 51.2. The number of hydrogen-bond donors (Lipinski definition) is 3. The number of nitrogens with zero attached hydrogens (tertiary/aromatic N) is 2. The molecule has 0 saturated carbocycles. The third-order valence-electron chi connectivity index (χ3n) is 14.7. The van der Waals surface area contributed by atoms with Crippen LogP contribution in [0.4, 0.5) is 0 Å². The van der Waals surface area contributed by atoms with Crippen molar-refractivity contribution < 1.29 is 43.9 Å². The fourth-order valence-corrected chi connectivity index (χ4v) is 10.3. The first-order valence-corrected chi connectivity index (χ1v) is 24.8. The average Bonchev–Trinajstić information content (AvgIpc) is 3.65. The van der Waals surface area contributed by atoms with Crippen LogP contribution in [0.25, 0.3) is 22.3 Å². The van der Waals surface area contributed by atoms with E-state index in [0.29, 0.717) is 41.2 Å². The third kappa shape index (κ3) is 11.2. The molecule has 4 aromatic rings. The van der Waals surface area contributed by atoms with E-state index in [9.17, 15) is 29.4 Å². The van der Waals surface area contributed by atoms with Crippen LogP contribution in [0.2, 0.25) is 0 Å². The zero-order chi connectivity index (χ0) is 49.0. The molecule has 0 unspecified atom stereocenters. The molecule has 0 spiro atoms. The van der Waals surface area contributed by atoms with Crippen molar-refractivity contribution in [2.24, 2.45) is 17.8 Å². The van der Waals surface area contributed by atoms with Gasteiger partial charge in [0.25, 0.3) is 5.56 Å². The second-order valence-electron chi connectivity index (χ2n) is 20.4. The predicted molar refractivity (Wildman–Crippen MR) is 261 cm³/mol. The lowest BCUT2D eigenvalue weighted by molar-refractivity contribution is -0.172. The number of ether oxygens (including phenoxy) is 3. The molecule has 0 fully saturated rings. The van der Waals surface area contributed by atoms with Gasteiger partial charge in [0.15, 0.2) is 5.60 Å². The van der Waals surface area contributed by atoms with Crippen molar-refractivity contribution in [3.8, 4) is 28.6 Å². The molecule has 0 radical (unpaired) electrons. The van der Waals surface area contributed by atoms with Crippen molar-refractivity contribution in [1.29, 1.82) is 0 Å². The minimum atomic E-state index is -1.83. The summed E-state index contributed by atoms with van der Waals surface area (Å²) in [7, 11) is 0. The zero-order valence-corrected chi connectivity index (χ0v) is 41.7. The average molecular weight is 923 g/mol. The lowest BCUT2D eigenvalue weighted by atomic mass is 9.83. The molecule has 12 heteroatoms. The molecule has 0 saturated heterocycles. The van der Waals surface area contributed by atoms with Gasteiger partial charge in [0.05, 0.1) is 41.9 Å². The number of aliphatic hydroxyl groups is 1. The van der Waals surface area contributed by atoms with Gasteiger partial charge in [-0.2, -0.15) is 0 Å². The molecule has 4 atom stereocenters. The summed E-state index contributed by atoms with van der Waals surface area (Å²) < 4.78 is 19.0. The smallest absolute Gasteiger partial charge is 0.343 e. The lowest BCUT2D eigenvalue weighted by Crippen LogP contribution is -2.44. The van der Waals surface area contributed by atoms with E-state index in [4.69, 9.17) is 24.3 Å². The minimum absolute atomic E-state index is 0.110. The highest BCUT2D eigenvalue weighted by Crippen LogP contribution is 2.46. The Morgan fingerprint density at radius 1 is 0.881 bits per heavy atom. The van der Waals surface area contributed by atoms with E-state index in [0.717, 1.165) is 87.0 Å². The fraction of sp³-hybridized carbons (Fsp3) is 0.582. The molecule has 364 valence electrons. The summed E-state index contributed by atoms with van der Waals surface area (Å²) in [6, 6.07) is 6.75. The number of benzene rings is 2. The molecule has 3 aliphatic heterocycles. The van der Waals surface area contributed by atoms with E-state index in [1.54, 1.807) is 35.8 Å². The van der Waals surface area contributed by atoms with Gasteiger partial charge in [-0.3, -0.25) is 14.4 Å². The highest BCUT2D eigenvalue weighted by atomic mass is 16.6. The number of cyclic esters (lactones) is 1. The summed E-state index contributed by atoms with van der Waals surface area (Å²) in [4.78, 5) is 53.3. The van der Waals surface area contributed by atoms with Gasteiger partial charge in [0.2, 0.25) is 0 Å². The Morgan fingerprint density at radius 2 is 1.55 bits per heavy atom. The lowest BCUT2D eigenvalue weighted by Gasteiger charge is -2.38. The monoisotopic (exact) mass is 923 g/mol. The highest BCUT2D eigenvalue weighted by molar-refractivity contribution is 5.90. The Labute approximate surface area is 396 Å². The number of esters is 2. The predicted octanol–water partition coefficient (Wildman–Crippen LogP) is 11.3. The first-order chi connectivity index (χ1) is 31.7. The first-order valence-electron chi connectivity index (χ1n) is 24.8. The van der Waals surface area contributed by atoms with Crippen molar-refractivity contribution in [3.05, 3.63) is 79.1 Å². The summed E-state index contributed by atoms with van der Waals surface area (Å²) >= 11 is 0. The topological polar surface area (TPSA) is 174 Å². The molecule has 7 rings (SSSR count). The number of phenols is 1. The van der Waals surface area contributed by atoms with Gasteiger partial charge < -0.3 is 34.1 Å². The Kier molecular flexibility index (Phi) is 16.3. The molecular weight excluding hydrogens is 849 g/mol.